The molecule has 0 bridgehead atoms. The second-order valence-electron chi connectivity index (χ2n) is 5.14. The molecular weight excluding hydrogens is 246 g/mol. The quantitative estimate of drug-likeness (QED) is 0.905. The number of piperidine rings is 1. The van der Waals surface area contributed by atoms with E-state index in [1.54, 1.807) is 0 Å². The average Bonchev–Trinajstić information content (AvgIpc) is 2.39. The predicted molar refractivity (Wildman–Crippen MR) is 78.6 cm³/mol. The van der Waals surface area contributed by atoms with Gasteiger partial charge < -0.3 is 15.1 Å². The summed E-state index contributed by atoms with van der Waals surface area (Å²) in [6.07, 6.45) is 1.17. The lowest BCUT2D eigenvalue weighted by Gasteiger charge is -2.42. The smallest absolute Gasteiger partial charge is 0.0419 e. The van der Waals surface area contributed by atoms with Gasteiger partial charge in [0.1, 0.15) is 0 Å². The minimum Gasteiger partial charge on any atom is -0.370 e. The molecule has 0 unspecified atom stereocenters. The molecule has 1 saturated heterocycles. The molecule has 4 heteroatoms. The topological polar surface area (TPSA) is 18.5 Å². The number of nitrogens with zero attached hydrogens (tertiary/aromatic N) is 2. The van der Waals surface area contributed by atoms with Gasteiger partial charge in [-0.2, -0.15) is 0 Å². The van der Waals surface area contributed by atoms with E-state index in [1.807, 2.05) is 12.1 Å². The van der Waals surface area contributed by atoms with E-state index in [4.69, 9.17) is 11.6 Å². The summed E-state index contributed by atoms with van der Waals surface area (Å²) in [6, 6.07) is 9.25. The Hall–Kier alpha value is -0.770. The zero-order valence-electron chi connectivity index (χ0n) is 11.4. The highest BCUT2D eigenvalue weighted by Crippen LogP contribution is 2.23. The van der Waals surface area contributed by atoms with E-state index < -0.39 is 0 Å². The molecule has 1 aliphatic heterocycles. The first-order chi connectivity index (χ1) is 8.61. The number of halogens is 1. The molecule has 0 saturated carbocycles. The zero-order chi connectivity index (χ0) is 13.1. The van der Waals surface area contributed by atoms with E-state index in [2.05, 4.69) is 48.4 Å². The van der Waals surface area contributed by atoms with Crippen LogP contribution in [0.3, 0.4) is 0 Å². The van der Waals surface area contributed by atoms with Crippen LogP contribution in [0.5, 0.6) is 0 Å². The lowest BCUT2D eigenvalue weighted by atomic mass is 9.98. The normalized spacial score (nSPS) is 24.6. The number of hydrogen-bond donors (Lipinski definition) is 1. The second-order valence-corrected chi connectivity index (χ2v) is 5.57. The Morgan fingerprint density at radius 1 is 1.28 bits per heavy atom. The van der Waals surface area contributed by atoms with Crippen molar-refractivity contribution in [1.29, 1.82) is 0 Å². The van der Waals surface area contributed by atoms with Gasteiger partial charge in [0.25, 0.3) is 0 Å². The fraction of sp³-hybridized carbons (Fsp3) is 0.571. The van der Waals surface area contributed by atoms with Gasteiger partial charge in [-0.05, 0) is 51.8 Å². The summed E-state index contributed by atoms with van der Waals surface area (Å²) in [7, 11) is 6.36. The van der Waals surface area contributed by atoms with Crippen molar-refractivity contribution in [1.82, 2.24) is 10.2 Å². The van der Waals surface area contributed by atoms with Crippen LogP contribution < -0.4 is 10.2 Å². The van der Waals surface area contributed by atoms with Crippen LogP contribution in [-0.4, -0.2) is 51.2 Å². The van der Waals surface area contributed by atoms with Crippen molar-refractivity contribution in [2.45, 2.75) is 18.5 Å². The molecule has 2 rings (SSSR count). The molecule has 1 heterocycles. The van der Waals surface area contributed by atoms with Crippen LogP contribution >= 0.6 is 11.6 Å². The second kappa shape index (κ2) is 5.91. The van der Waals surface area contributed by atoms with Crippen LogP contribution in [0.2, 0.25) is 5.02 Å². The van der Waals surface area contributed by atoms with Gasteiger partial charge in [-0.25, -0.2) is 0 Å². The van der Waals surface area contributed by atoms with Gasteiger partial charge in [0, 0.05) is 35.9 Å². The van der Waals surface area contributed by atoms with Crippen molar-refractivity contribution in [3.63, 3.8) is 0 Å². The minimum absolute atomic E-state index is 0.541. The molecule has 0 radical (unpaired) electrons. The molecule has 0 aliphatic carbocycles. The Bertz CT molecular complexity index is 377. The molecule has 1 aromatic rings. The highest BCUT2D eigenvalue weighted by Gasteiger charge is 2.29. The Kier molecular flexibility index (Phi) is 4.49. The Morgan fingerprint density at radius 2 is 1.94 bits per heavy atom. The van der Waals surface area contributed by atoms with Gasteiger partial charge >= 0.3 is 0 Å². The third-order valence-corrected chi connectivity index (χ3v) is 4.06. The van der Waals surface area contributed by atoms with Crippen molar-refractivity contribution in [2.24, 2.45) is 0 Å². The average molecular weight is 268 g/mol. The van der Waals surface area contributed by atoms with Crippen molar-refractivity contribution in [3.05, 3.63) is 29.3 Å². The van der Waals surface area contributed by atoms with Crippen LogP contribution in [0.4, 0.5) is 5.69 Å². The molecule has 0 aromatic heterocycles. The third kappa shape index (κ3) is 2.97. The molecule has 18 heavy (non-hydrogen) atoms. The minimum atomic E-state index is 0.541. The highest BCUT2D eigenvalue weighted by atomic mass is 35.5. The Morgan fingerprint density at radius 3 is 2.50 bits per heavy atom. The summed E-state index contributed by atoms with van der Waals surface area (Å²) in [5.41, 5.74) is 1.26. The Labute approximate surface area is 115 Å². The van der Waals surface area contributed by atoms with Gasteiger partial charge in [0.15, 0.2) is 0 Å². The van der Waals surface area contributed by atoms with Crippen LogP contribution in [0.1, 0.15) is 6.42 Å². The van der Waals surface area contributed by atoms with E-state index in [0.717, 1.165) is 18.1 Å². The number of benzene rings is 1. The van der Waals surface area contributed by atoms with E-state index >= 15 is 0 Å². The molecule has 1 N–H and O–H groups in total. The fourth-order valence-corrected chi connectivity index (χ4v) is 2.80. The fourth-order valence-electron chi connectivity index (χ4n) is 2.68. The summed E-state index contributed by atoms with van der Waals surface area (Å²) < 4.78 is 0. The third-order valence-electron chi connectivity index (χ3n) is 3.81. The highest BCUT2D eigenvalue weighted by molar-refractivity contribution is 6.30. The number of anilines is 1. The van der Waals surface area contributed by atoms with E-state index in [-0.39, 0.29) is 0 Å². The Balaban J connectivity index is 2.10. The van der Waals surface area contributed by atoms with Crippen LogP contribution in [0.25, 0.3) is 0 Å². The van der Waals surface area contributed by atoms with Gasteiger partial charge in [0.2, 0.25) is 0 Å². The number of rotatable bonds is 3. The molecule has 0 spiro atoms. The van der Waals surface area contributed by atoms with Crippen LogP contribution in [0.15, 0.2) is 24.3 Å². The van der Waals surface area contributed by atoms with Crippen LogP contribution in [0, 0.1) is 0 Å². The number of nitrogens with one attached hydrogen (secondary N) is 1. The number of hydrogen-bond acceptors (Lipinski definition) is 3. The molecule has 1 aliphatic rings. The van der Waals surface area contributed by atoms with Crippen molar-refractivity contribution >= 4 is 17.3 Å². The van der Waals surface area contributed by atoms with Crippen molar-refractivity contribution in [3.8, 4) is 0 Å². The zero-order valence-corrected chi connectivity index (χ0v) is 12.1. The van der Waals surface area contributed by atoms with Gasteiger partial charge in [-0.15, -0.1) is 0 Å². The first kappa shape index (κ1) is 13.7. The first-order valence-electron chi connectivity index (χ1n) is 6.46. The summed E-state index contributed by atoms with van der Waals surface area (Å²) in [6.45, 7) is 2.15. The monoisotopic (exact) mass is 267 g/mol. The molecule has 3 nitrogen and oxygen atoms in total. The summed E-state index contributed by atoms with van der Waals surface area (Å²) in [5.74, 6) is 0. The molecule has 1 aromatic carbocycles. The van der Waals surface area contributed by atoms with E-state index in [9.17, 15) is 0 Å². The van der Waals surface area contributed by atoms with Gasteiger partial charge in [-0.3, -0.25) is 0 Å². The molecular formula is C14H22ClN3. The molecule has 100 valence electrons. The lowest BCUT2D eigenvalue weighted by molar-refractivity contribution is 0.210. The standard InChI is InChI=1S/C14H22ClN3/c1-16-13-8-9-18(10-14(13)17(2)3)12-6-4-11(15)5-7-12/h4-7,13-14,16H,8-10H2,1-3H3/t13-,14+/m0/s1. The largest absolute Gasteiger partial charge is 0.370 e. The van der Waals surface area contributed by atoms with E-state index in [1.165, 1.54) is 12.1 Å². The summed E-state index contributed by atoms with van der Waals surface area (Å²) in [4.78, 5) is 4.75. The summed E-state index contributed by atoms with van der Waals surface area (Å²) >= 11 is 5.94. The van der Waals surface area contributed by atoms with Gasteiger partial charge in [-0.1, -0.05) is 11.6 Å². The first-order valence-corrected chi connectivity index (χ1v) is 6.84. The van der Waals surface area contributed by atoms with Gasteiger partial charge in [0.05, 0.1) is 0 Å². The van der Waals surface area contributed by atoms with Crippen molar-refractivity contribution in [2.75, 3.05) is 39.1 Å². The number of likely N-dealkylation sites (N-methyl/N-ethyl adjacent to an activating group) is 2. The molecule has 0 amide bonds. The maximum absolute atomic E-state index is 5.94. The molecule has 1 fully saturated rings. The molecule has 2 atom stereocenters. The predicted octanol–water partition coefficient (Wildman–Crippen LogP) is 2.07. The van der Waals surface area contributed by atoms with E-state index in [0.29, 0.717) is 12.1 Å². The lowest BCUT2D eigenvalue weighted by Crippen LogP contribution is -2.57. The SMILES string of the molecule is CN[C@H]1CCN(c2ccc(Cl)cc2)C[C@H]1N(C)C. The van der Waals surface area contributed by atoms with Crippen LogP contribution in [-0.2, 0) is 0 Å². The maximum atomic E-state index is 5.94. The summed E-state index contributed by atoms with van der Waals surface area (Å²) in [5, 5.41) is 4.23. The van der Waals surface area contributed by atoms with Crippen molar-refractivity contribution < 1.29 is 0 Å². The maximum Gasteiger partial charge on any atom is 0.0419 e.